The smallest absolute Gasteiger partial charge is 0.175 e. The first-order chi connectivity index (χ1) is 15.4. The molecule has 164 valence electrons. The Balaban J connectivity index is 1.65. The fraction of sp³-hybridized carbons (Fsp3) is 0.160. The van der Waals surface area contributed by atoms with Gasteiger partial charge in [-0.15, -0.1) is 0 Å². The highest BCUT2D eigenvalue weighted by atomic mass is 32.2. The van der Waals surface area contributed by atoms with Gasteiger partial charge in [-0.05, 0) is 49.4 Å². The zero-order valence-electron chi connectivity index (χ0n) is 17.9. The zero-order chi connectivity index (χ0) is 22.6. The van der Waals surface area contributed by atoms with Gasteiger partial charge in [-0.1, -0.05) is 36.4 Å². The van der Waals surface area contributed by atoms with Crippen molar-refractivity contribution >= 4 is 9.84 Å². The molecule has 0 fully saturated rings. The minimum atomic E-state index is -3.27. The predicted molar refractivity (Wildman–Crippen MR) is 124 cm³/mol. The molecule has 0 radical (unpaired) electrons. The second-order valence-corrected chi connectivity index (χ2v) is 9.28. The standard InChI is InChI=1S/C25H24N2O4S/c1-3-30-22-10-7-11-23(17-22)31-18-20-16-25(19-8-5-4-6-9-19)27(26-20)21-12-14-24(15-13-21)32(2,28)29/h4-17H,3,18H2,1-2H3. The van der Waals surface area contributed by atoms with Crippen molar-refractivity contribution in [2.45, 2.75) is 18.4 Å². The summed E-state index contributed by atoms with van der Waals surface area (Å²) in [5, 5.41) is 4.73. The van der Waals surface area contributed by atoms with E-state index in [-0.39, 0.29) is 11.5 Å². The summed E-state index contributed by atoms with van der Waals surface area (Å²) in [7, 11) is -3.27. The quantitative estimate of drug-likeness (QED) is 0.383. The molecule has 0 aliphatic rings. The van der Waals surface area contributed by atoms with Crippen molar-refractivity contribution in [2.75, 3.05) is 12.9 Å². The summed E-state index contributed by atoms with van der Waals surface area (Å²) in [4.78, 5) is 0.271. The van der Waals surface area contributed by atoms with Crippen LogP contribution in [0.5, 0.6) is 11.5 Å². The Morgan fingerprint density at radius 2 is 1.53 bits per heavy atom. The molecule has 0 atom stereocenters. The van der Waals surface area contributed by atoms with Crippen LogP contribution in [0.4, 0.5) is 0 Å². The van der Waals surface area contributed by atoms with Crippen LogP contribution in [0.15, 0.2) is 89.8 Å². The van der Waals surface area contributed by atoms with E-state index in [0.29, 0.717) is 12.4 Å². The third-order valence-electron chi connectivity index (χ3n) is 4.84. The van der Waals surface area contributed by atoms with E-state index >= 15 is 0 Å². The van der Waals surface area contributed by atoms with Crippen LogP contribution >= 0.6 is 0 Å². The second kappa shape index (κ2) is 9.28. The fourth-order valence-electron chi connectivity index (χ4n) is 3.32. The molecule has 1 heterocycles. The molecule has 0 spiro atoms. The van der Waals surface area contributed by atoms with Gasteiger partial charge in [-0.2, -0.15) is 5.10 Å². The van der Waals surface area contributed by atoms with Crippen molar-refractivity contribution in [3.8, 4) is 28.4 Å². The van der Waals surface area contributed by atoms with E-state index in [1.807, 2.05) is 67.6 Å². The topological polar surface area (TPSA) is 70.4 Å². The highest BCUT2D eigenvalue weighted by Crippen LogP contribution is 2.26. The average Bonchev–Trinajstić information content (AvgIpc) is 3.23. The van der Waals surface area contributed by atoms with Gasteiger partial charge >= 0.3 is 0 Å². The summed E-state index contributed by atoms with van der Waals surface area (Å²) in [5.74, 6) is 1.45. The SMILES string of the molecule is CCOc1cccc(OCc2cc(-c3ccccc3)n(-c3ccc(S(C)(=O)=O)cc3)n2)c1. The van der Waals surface area contributed by atoms with E-state index in [2.05, 4.69) is 0 Å². The Labute approximate surface area is 188 Å². The van der Waals surface area contributed by atoms with E-state index in [4.69, 9.17) is 14.6 Å². The second-order valence-electron chi connectivity index (χ2n) is 7.26. The van der Waals surface area contributed by atoms with E-state index in [9.17, 15) is 8.42 Å². The first kappa shape index (κ1) is 21.6. The molecular weight excluding hydrogens is 424 g/mol. The Kier molecular flexibility index (Phi) is 6.28. The molecule has 4 aromatic rings. The van der Waals surface area contributed by atoms with Crippen molar-refractivity contribution in [1.29, 1.82) is 0 Å². The van der Waals surface area contributed by atoms with Gasteiger partial charge in [0.1, 0.15) is 23.8 Å². The molecule has 4 rings (SSSR count). The maximum Gasteiger partial charge on any atom is 0.175 e. The number of benzene rings is 3. The van der Waals surface area contributed by atoms with Crippen LogP contribution in [0.25, 0.3) is 16.9 Å². The molecule has 0 N–H and O–H groups in total. The van der Waals surface area contributed by atoms with Crippen LogP contribution in [0, 0.1) is 0 Å². The summed E-state index contributed by atoms with van der Waals surface area (Å²) in [6, 6.07) is 26.1. The molecule has 0 bridgehead atoms. The molecule has 7 heteroatoms. The minimum absolute atomic E-state index is 0.271. The molecule has 0 amide bonds. The molecule has 0 aliphatic carbocycles. The number of hydrogen-bond donors (Lipinski definition) is 0. The summed E-state index contributed by atoms with van der Waals surface area (Å²) < 4.78 is 36.9. The summed E-state index contributed by atoms with van der Waals surface area (Å²) >= 11 is 0. The molecule has 0 unspecified atom stereocenters. The lowest BCUT2D eigenvalue weighted by molar-refractivity contribution is 0.295. The largest absolute Gasteiger partial charge is 0.494 e. The van der Waals surface area contributed by atoms with Gasteiger partial charge in [0.2, 0.25) is 0 Å². The zero-order valence-corrected chi connectivity index (χ0v) is 18.7. The first-order valence-corrected chi connectivity index (χ1v) is 12.1. The number of ether oxygens (including phenoxy) is 2. The number of hydrogen-bond acceptors (Lipinski definition) is 5. The van der Waals surface area contributed by atoms with Crippen LogP contribution < -0.4 is 9.47 Å². The Hall–Kier alpha value is -3.58. The molecular formula is C25H24N2O4S. The van der Waals surface area contributed by atoms with Crippen LogP contribution in [-0.4, -0.2) is 31.1 Å². The number of nitrogens with zero attached hydrogens (tertiary/aromatic N) is 2. The molecule has 0 aliphatic heterocycles. The van der Waals surface area contributed by atoms with Gasteiger partial charge in [0.25, 0.3) is 0 Å². The molecule has 0 saturated heterocycles. The monoisotopic (exact) mass is 448 g/mol. The lowest BCUT2D eigenvalue weighted by Crippen LogP contribution is -2.03. The number of sulfone groups is 1. The number of rotatable bonds is 8. The predicted octanol–water partition coefficient (Wildman–Crippen LogP) is 4.92. The first-order valence-electron chi connectivity index (χ1n) is 10.2. The van der Waals surface area contributed by atoms with E-state index < -0.39 is 9.84 Å². The molecule has 32 heavy (non-hydrogen) atoms. The van der Waals surface area contributed by atoms with Crippen LogP contribution in [0.3, 0.4) is 0 Å². The van der Waals surface area contributed by atoms with E-state index in [0.717, 1.165) is 28.4 Å². The Morgan fingerprint density at radius 3 is 2.19 bits per heavy atom. The Bertz CT molecular complexity index is 1300. The average molecular weight is 449 g/mol. The van der Waals surface area contributed by atoms with Crippen molar-refractivity contribution in [1.82, 2.24) is 9.78 Å². The highest BCUT2D eigenvalue weighted by molar-refractivity contribution is 7.90. The maximum absolute atomic E-state index is 11.8. The number of aromatic nitrogens is 2. The molecule has 1 aromatic heterocycles. The lowest BCUT2D eigenvalue weighted by atomic mass is 10.1. The maximum atomic E-state index is 11.8. The van der Waals surface area contributed by atoms with Gasteiger partial charge in [0.15, 0.2) is 9.84 Å². The van der Waals surface area contributed by atoms with Crippen LogP contribution in [-0.2, 0) is 16.4 Å². The van der Waals surface area contributed by atoms with Crippen LogP contribution in [0.1, 0.15) is 12.6 Å². The lowest BCUT2D eigenvalue weighted by Gasteiger charge is -2.08. The van der Waals surface area contributed by atoms with Gasteiger partial charge in [0, 0.05) is 17.9 Å². The molecule has 6 nitrogen and oxygen atoms in total. The molecule has 3 aromatic carbocycles. The third-order valence-corrected chi connectivity index (χ3v) is 5.97. The summed E-state index contributed by atoms with van der Waals surface area (Å²) in [5.41, 5.74) is 3.40. The van der Waals surface area contributed by atoms with Crippen molar-refractivity contribution in [3.05, 3.63) is 90.6 Å². The van der Waals surface area contributed by atoms with Crippen molar-refractivity contribution in [2.24, 2.45) is 0 Å². The third kappa shape index (κ3) is 5.00. The van der Waals surface area contributed by atoms with E-state index in [1.54, 1.807) is 28.9 Å². The van der Waals surface area contributed by atoms with Gasteiger partial charge < -0.3 is 9.47 Å². The summed E-state index contributed by atoms with van der Waals surface area (Å²) in [6.07, 6.45) is 1.20. The van der Waals surface area contributed by atoms with Crippen LogP contribution in [0.2, 0.25) is 0 Å². The van der Waals surface area contributed by atoms with E-state index in [1.165, 1.54) is 6.26 Å². The summed E-state index contributed by atoms with van der Waals surface area (Å²) in [6.45, 7) is 2.81. The normalized spacial score (nSPS) is 11.3. The molecule has 0 saturated carbocycles. The van der Waals surface area contributed by atoms with Crippen molar-refractivity contribution < 1.29 is 17.9 Å². The fourth-order valence-corrected chi connectivity index (χ4v) is 3.95. The van der Waals surface area contributed by atoms with Crippen molar-refractivity contribution in [3.63, 3.8) is 0 Å². The van der Waals surface area contributed by atoms with Gasteiger partial charge in [-0.3, -0.25) is 0 Å². The minimum Gasteiger partial charge on any atom is -0.494 e. The van der Waals surface area contributed by atoms with Gasteiger partial charge in [-0.25, -0.2) is 13.1 Å². The Morgan fingerprint density at radius 1 is 0.844 bits per heavy atom. The van der Waals surface area contributed by atoms with Gasteiger partial charge in [0.05, 0.1) is 22.9 Å². The highest BCUT2D eigenvalue weighted by Gasteiger charge is 2.14.